The average Bonchev–Trinajstić information content (AvgIpc) is 2.80. The summed E-state index contributed by atoms with van der Waals surface area (Å²) in [5.41, 5.74) is 0.622. The first-order valence-electron chi connectivity index (χ1n) is 5.62. The summed E-state index contributed by atoms with van der Waals surface area (Å²) in [5.74, 6) is -0.197. The van der Waals surface area contributed by atoms with Crippen molar-refractivity contribution >= 4 is 16.9 Å². The average molecular weight is 251 g/mol. The van der Waals surface area contributed by atoms with Crippen molar-refractivity contribution < 1.29 is 18.7 Å². The van der Waals surface area contributed by atoms with Crippen molar-refractivity contribution in [3.8, 4) is 5.75 Å². The van der Waals surface area contributed by atoms with Gasteiger partial charge in [-0.3, -0.25) is 0 Å². The third kappa shape index (κ3) is 2.16. The highest BCUT2D eigenvalue weighted by atomic mass is 19.1. The second kappa shape index (κ2) is 5.08. The van der Waals surface area contributed by atoms with Gasteiger partial charge < -0.3 is 14.0 Å². The number of ether oxygens (including phenoxy) is 2. The first kappa shape index (κ1) is 12.4. The van der Waals surface area contributed by atoms with Gasteiger partial charge in [0.15, 0.2) is 0 Å². The number of alkyl halides is 1. The summed E-state index contributed by atoms with van der Waals surface area (Å²) >= 11 is 0. The number of nitrogens with zero attached hydrogens (tertiary/aromatic N) is 1. The van der Waals surface area contributed by atoms with Crippen molar-refractivity contribution in [2.24, 2.45) is 0 Å². The number of aromatic nitrogens is 1. The molecule has 1 aromatic carbocycles. The van der Waals surface area contributed by atoms with Crippen LogP contribution in [0.2, 0.25) is 0 Å². The van der Waals surface area contributed by atoms with E-state index in [-0.39, 0.29) is 6.61 Å². The summed E-state index contributed by atoms with van der Waals surface area (Å²) in [4.78, 5) is 11.4. The van der Waals surface area contributed by atoms with Crippen molar-refractivity contribution in [3.63, 3.8) is 0 Å². The van der Waals surface area contributed by atoms with Gasteiger partial charge in [0.25, 0.3) is 6.30 Å². The Balaban J connectivity index is 2.37. The number of esters is 1. The standard InChI is InChI=1S/C13H14FNO3/c1-3-18-13(16)12(14)15-7-6-9-8-10(17-2)4-5-11(9)15/h4-8,12H,3H2,1-2H3. The molecule has 0 saturated carbocycles. The third-order valence-electron chi connectivity index (χ3n) is 2.65. The maximum atomic E-state index is 13.9. The van der Waals surface area contributed by atoms with Gasteiger partial charge in [0.1, 0.15) is 5.75 Å². The predicted molar refractivity (Wildman–Crippen MR) is 65.3 cm³/mol. The van der Waals surface area contributed by atoms with E-state index in [1.165, 1.54) is 10.8 Å². The number of halogens is 1. The van der Waals surface area contributed by atoms with E-state index < -0.39 is 12.3 Å². The monoisotopic (exact) mass is 251 g/mol. The van der Waals surface area contributed by atoms with Crippen molar-refractivity contribution in [1.29, 1.82) is 0 Å². The summed E-state index contributed by atoms with van der Waals surface area (Å²) in [6.45, 7) is 1.80. The molecule has 1 unspecified atom stereocenters. The number of fused-ring (bicyclic) bond motifs is 1. The molecule has 96 valence electrons. The molecule has 18 heavy (non-hydrogen) atoms. The molecule has 0 aliphatic heterocycles. The van der Waals surface area contributed by atoms with Crippen LogP contribution in [0.15, 0.2) is 30.5 Å². The Morgan fingerprint density at radius 3 is 2.89 bits per heavy atom. The molecule has 2 aromatic rings. The second-order valence-electron chi connectivity index (χ2n) is 3.74. The Morgan fingerprint density at radius 1 is 1.44 bits per heavy atom. The minimum atomic E-state index is -1.82. The van der Waals surface area contributed by atoms with Gasteiger partial charge in [-0.15, -0.1) is 0 Å². The van der Waals surface area contributed by atoms with Crippen LogP contribution >= 0.6 is 0 Å². The molecule has 4 nitrogen and oxygen atoms in total. The maximum absolute atomic E-state index is 13.9. The van der Waals surface area contributed by atoms with Crippen LogP contribution in [0, 0.1) is 0 Å². The molecule has 5 heteroatoms. The van der Waals surface area contributed by atoms with Crippen molar-refractivity contribution in [3.05, 3.63) is 30.5 Å². The summed E-state index contributed by atoms with van der Waals surface area (Å²) in [6, 6.07) is 6.93. The molecule has 0 aliphatic rings. The van der Waals surface area contributed by atoms with Crippen molar-refractivity contribution in [2.45, 2.75) is 13.2 Å². The molecule has 2 rings (SSSR count). The van der Waals surface area contributed by atoms with Crippen LogP contribution in [0.3, 0.4) is 0 Å². The first-order chi connectivity index (χ1) is 8.67. The number of carbonyl (C=O) groups excluding carboxylic acids is 1. The van der Waals surface area contributed by atoms with Gasteiger partial charge in [0, 0.05) is 11.6 Å². The minimum Gasteiger partial charge on any atom is -0.497 e. The quantitative estimate of drug-likeness (QED) is 0.784. The Morgan fingerprint density at radius 2 is 2.22 bits per heavy atom. The fraction of sp³-hybridized carbons (Fsp3) is 0.308. The normalized spacial score (nSPS) is 12.4. The highest BCUT2D eigenvalue weighted by Crippen LogP contribution is 2.25. The summed E-state index contributed by atoms with van der Waals surface area (Å²) in [6.07, 6.45) is -0.304. The lowest BCUT2D eigenvalue weighted by atomic mass is 10.2. The van der Waals surface area contributed by atoms with E-state index in [1.807, 2.05) is 0 Å². The smallest absolute Gasteiger partial charge is 0.362 e. The molecule has 0 bridgehead atoms. The number of hydrogen-bond acceptors (Lipinski definition) is 3. The Bertz CT molecular complexity index is 564. The Hall–Kier alpha value is -2.04. The van der Waals surface area contributed by atoms with Crippen LogP contribution in [0.4, 0.5) is 4.39 Å². The molecule has 0 radical (unpaired) electrons. The van der Waals surface area contributed by atoms with E-state index >= 15 is 0 Å². The van der Waals surface area contributed by atoms with Crippen LogP contribution in [-0.4, -0.2) is 24.3 Å². The lowest BCUT2D eigenvalue weighted by molar-refractivity contribution is -0.152. The predicted octanol–water partition coefficient (Wildman–Crippen LogP) is 2.68. The molecule has 1 aromatic heterocycles. The Kier molecular flexibility index (Phi) is 3.50. The lowest BCUT2D eigenvalue weighted by Gasteiger charge is -2.10. The Labute approximate surface area is 104 Å². The van der Waals surface area contributed by atoms with Gasteiger partial charge in [-0.05, 0) is 31.2 Å². The minimum absolute atomic E-state index is 0.159. The van der Waals surface area contributed by atoms with Crippen molar-refractivity contribution in [2.75, 3.05) is 13.7 Å². The summed E-state index contributed by atoms with van der Waals surface area (Å²) < 4.78 is 24.9. The summed E-state index contributed by atoms with van der Waals surface area (Å²) in [5, 5.41) is 0.807. The zero-order valence-corrected chi connectivity index (χ0v) is 10.2. The molecule has 0 N–H and O–H groups in total. The fourth-order valence-corrected chi connectivity index (χ4v) is 1.79. The molecular formula is C13H14FNO3. The van der Waals surface area contributed by atoms with Gasteiger partial charge in [-0.1, -0.05) is 0 Å². The van der Waals surface area contributed by atoms with Gasteiger partial charge in [0.05, 0.1) is 19.2 Å². The highest BCUT2D eigenvalue weighted by molar-refractivity contribution is 5.84. The van der Waals surface area contributed by atoms with Gasteiger partial charge in [0.2, 0.25) is 0 Å². The van der Waals surface area contributed by atoms with Crippen LogP contribution in [0.5, 0.6) is 5.75 Å². The van der Waals surface area contributed by atoms with E-state index in [0.717, 1.165) is 5.39 Å². The molecule has 1 heterocycles. The second-order valence-corrected chi connectivity index (χ2v) is 3.74. The van der Waals surface area contributed by atoms with Gasteiger partial charge in [-0.25, -0.2) is 9.18 Å². The van der Waals surface area contributed by atoms with Crippen LogP contribution in [-0.2, 0) is 9.53 Å². The van der Waals surface area contributed by atoms with Crippen molar-refractivity contribution in [1.82, 2.24) is 4.57 Å². The number of hydrogen-bond donors (Lipinski definition) is 0. The van der Waals surface area contributed by atoms with Gasteiger partial charge in [-0.2, -0.15) is 0 Å². The van der Waals surface area contributed by atoms with E-state index in [9.17, 15) is 9.18 Å². The van der Waals surface area contributed by atoms with E-state index in [4.69, 9.17) is 4.74 Å². The van der Waals surface area contributed by atoms with E-state index in [0.29, 0.717) is 11.3 Å². The van der Waals surface area contributed by atoms with Crippen LogP contribution in [0.1, 0.15) is 13.2 Å². The molecular weight excluding hydrogens is 237 g/mol. The first-order valence-corrected chi connectivity index (χ1v) is 5.62. The maximum Gasteiger partial charge on any atom is 0.362 e. The SMILES string of the molecule is CCOC(=O)C(F)n1ccc2cc(OC)ccc21. The van der Waals surface area contributed by atoms with Gasteiger partial charge >= 0.3 is 5.97 Å². The molecule has 0 fully saturated rings. The molecule has 0 aliphatic carbocycles. The molecule has 1 atom stereocenters. The molecule has 0 amide bonds. The molecule has 0 saturated heterocycles. The molecule has 0 spiro atoms. The van der Waals surface area contributed by atoms with Crippen LogP contribution in [0.25, 0.3) is 10.9 Å². The zero-order chi connectivity index (χ0) is 13.1. The van der Waals surface area contributed by atoms with Crippen LogP contribution < -0.4 is 4.74 Å². The zero-order valence-electron chi connectivity index (χ0n) is 10.2. The lowest BCUT2D eigenvalue weighted by Crippen LogP contribution is -2.17. The van der Waals surface area contributed by atoms with E-state index in [2.05, 4.69) is 4.74 Å². The highest BCUT2D eigenvalue weighted by Gasteiger charge is 2.21. The fourth-order valence-electron chi connectivity index (χ4n) is 1.79. The summed E-state index contributed by atoms with van der Waals surface area (Å²) in [7, 11) is 1.56. The number of methoxy groups -OCH3 is 1. The number of carbonyl (C=O) groups is 1. The number of benzene rings is 1. The van der Waals surface area contributed by atoms with E-state index in [1.54, 1.807) is 38.3 Å². The third-order valence-corrected chi connectivity index (χ3v) is 2.65. The topological polar surface area (TPSA) is 40.5 Å². The largest absolute Gasteiger partial charge is 0.497 e. The number of rotatable bonds is 4.